The summed E-state index contributed by atoms with van der Waals surface area (Å²) in [6.45, 7) is 0.0608. The Bertz CT molecular complexity index is 996. The quantitative estimate of drug-likeness (QED) is 0.508. The third-order valence-electron chi connectivity index (χ3n) is 5.46. The van der Waals surface area contributed by atoms with Gasteiger partial charge in [-0.25, -0.2) is 4.79 Å². The standard InChI is InChI=1S/C23H25N3O6/c27-13-17(10-15-4-2-1-3-5-15)24-21(28)9-7-18-22(29)26(23(30)25-18)12-16-6-8-19-20(11-16)32-14-31-19/h1-6,8,11,17-18,27H,7,9-10,12-14H2,(H,24,28)(H,25,30)/t17-,18-/m1/s1. The predicted octanol–water partition coefficient (Wildman–Crippen LogP) is 1.34. The number of carbonyl (C=O) groups is 3. The molecular formula is C23H25N3O6. The summed E-state index contributed by atoms with van der Waals surface area (Å²) in [5.41, 5.74) is 1.74. The number of imide groups is 1. The Kier molecular flexibility index (Phi) is 6.55. The van der Waals surface area contributed by atoms with Crippen LogP contribution in [-0.4, -0.2) is 53.3 Å². The number of amides is 4. The molecule has 1 saturated heterocycles. The monoisotopic (exact) mass is 439 g/mol. The van der Waals surface area contributed by atoms with Crippen LogP contribution in [0.5, 0.6) is 11.5 Å². The molecule has 0 aromatic heterocycles. The van der Waals surface area contributed by atoms with E-state index >= 15 is 0 Å². The molecule has 0 unspecified atom stereocenters. The number of benzene rings is 2. The Hall–Kier alpha value is -3.59. The first-order valence-corrected chi connectivity index (χ1v) is 10.5. The molecule has 0 radical (unpaired) electrons. The van der Waals surface area contributed by atoms with Crippen LogP contribution in [-0.2, 0) is 22.6 Å². The fourth-order valence-electron chi connectivity index (χ4n) is 3.78. The highest BCUT2D eigenvalue weighted by Gasteiger charge is 2.38. The number of urea groups is 1. The lowest BCUT2D eigenvalue weighted by atomic mass is 10.1. The van der Waals surface area contributed by atoms with Crippen molar-refractivity contribution in [3.63, 3.8) is 0 Å². The fraction of sp³-hybridized carbons (Fsp3) is 0.348. The Morgan fingerprint density at radius 2 is 1.91 bits per heavy atom. The van der Waals surface area contributed by atoms with Gasteiger partial charge in [0.15, 0.2) is 11.5 Å². The molecule has 0 saturated carbocycles. The summed E-state index contributed by atoms with van der Waals surface area (Å²) in [6.07, 6.45) is 0.739. The Labute approximate surface area is 185 Å². The molecule has 2 heterocycles. The van der Waals surface area contributed by atoms with E-state index in [-0.39, 0.29) is 44.6 Å². The second-order valence-electron chi connectivity index (χ2n) is 7.79. The molecule has 168 valence electrons. The predicted molar refractivity (Wildman–Crippen MR) is 114 cm³/mol. The first kappa shape index (κ1) is 21.6. The molecule has 3 N–H and O–H groups in total. The molecule has 0 spiro atoms. The normalized spacial score (nSPS) is 17.9. The molecule has 2 aliphatic heterocycles. The van der Waals surface area contributed by atoms with Crippen LogP contribution >= 0.6 is 0 Å². The van der Waals surface area contributed by atoms with E-state index in [4.69, 9.17) is 9.47 Å². The van der Waals surface area contributed by atoms with Crippen molar-refractivity contribution >= 4 is 17.8 Å². The zero-order valence-electron chi connectivity index (χ0n) is 17.5. The maximum atomic E-state index is 12.7. The van der Waals surface area contributed by atoms with Gasteiger partial charge in [0, 0.05) is 6.42 Å². The average molecular weight is 439 g/mol. The molecule has 2 aliphatic rings. The number of hydrogen-bond donors (Lipinski definition) is 3. The van der Waals surface area contributed by atoms with Gasteiger partial charge in [0.25, 0.3) is 5.91 Å². The molecule has 2 aromatic carbocycles. The Balaban J connectivity index is 1.27. The van der Waals surface area contributed by atoms with Gasteiger partial charge >= 0.3 is 6.03 Å². The lowest BCUT2D eigenvalue weighted by Gasteiger charge is -2.17. The highest BCUT2D eigenvalue weighted by Crippen LogP contribution is 2.33. The van der Waals surface area contributed by atoms with Crippen LogP contribution in [0.25, 0.3) is 0 Å². The Morgan fingerprint density at radius 1 is 1.12 bits per heavy atom. The molecule has 0 aliphatic carbocycles. The SMILES string of the molecule is O=C(CC[C@H]1NC(=O)N(Cc2ccc3c(c2)OCO3)C1=O)N[C@@H](CO)Cc1ccccc1. The van der Waals surface area contributed by atoms with Crippen LogP contribution in [0.3, 0.4) is 0 Å². The van der Waals surface area contributed by atoms with E-state index in [1.54, 1.807) is 18.2 Å². The van der Waals surface area contributed by atoms with Crippen molar-refractivity contribution in [1.29, 1.82) is 0 Å². The summed E-state index contributed by atoms with van der Waals surface area (Å²) in [6, 6.07) is 13.1. The summed E-state index contributed by atoms with van der Waals surface area (Å²) in [4.78, 5) is 38.5. The Morgan fingerprint density at radius 3 is 2.69 bits per heavy atom. The third kappa shape index (κ3) is 5.00. The minimum atomic E-state index is -0.760. The van der Waals surface area contributed by atoms with Crippen LogP contribution in [0.15, 0.2) is 48.5 Å². The van der Waals surface area contributed by atoms with Gasteiger partial charge in [0.2, 0.25) is 12.7 Å². The molecule has 9 nitrogen and oxygen atoms in total. The number of hydrogen-bond acceptors (Lipinski definition) is 6. The molecule has 0 bridgehead atoms. The van der Waals surface area contributed by atoms with Crippen molar-refractivity contribution in [1.82, 2.24) is 15.5 Å². The minimum absolute atomic E-state index is 0.0554. The lowest BCUT2D eigenvalue weighted by molar-refractivity contribution is -0.128. The van der Waals surface area contributed by atoms with Crippen LogP contribution < -0.4 is 20.1 Å². The van der Waals surface area contributed by atoms with Crippen LogP contribution in [0.1, 0.15) is 24.0 Å². The topological polar surface area (TPSA) is 117 Å². The number of aliphatic hydroxyl groups excluding tert-OH is 1. The minimum Gasteiger partial charge on any atom is -0.454 e. The van der Waals surface area contributed by atoms with Gasteiger partial charge in [-0.15, -0.1) is 0 Å². The van der Waals surface area contributed by atoms with Gasteiger partial charge in [-0.3, -0.25) is 14.5 Å². The summed E-state index contributed by atoms with van der Waals surface area (Å²) in [7, 11) is 0. The van der Waals surface area contributed by atoms with E-state index < -0.39 is 18.1 Å². The molecule has 4 amide bonds. The van der Waals surface area contributed by atoms with E-state index in [9.17, 15) is 19.5 Å². The molecule has 2 atom stereocenters. The molecule has 1 fully saturated rings. The molecule has 9 heteroatoms. The van der Waals surface area contributed by atoms with Crippen molar-refractivity contribution in [2.45, 2.75) is 37.9 Å². The lowest BCUT2D eigenvalue weighted by Crippen LogP contribution is -2.40. The third-order valence-corrected chi connectivity index (χ3v) is 5.46. The summed E-state index contributed by atoms with van der Waals surface area (Å²) >= 11 is 0. The maximum Gasteiger partial charge on any atom is 0.325 e. The summed E-state index contributed by atoms with van der Waals surface area (Å²) in [5.74, 6) is 0.555. The van der Waals surface area contributed by atoms with E-state index in [1.807, 2.05) is 30.3 Å². The second kappa shape index (κ2) is 9.69. The van der Waals surface area contributed by atoms with E-state index in [0.29, 0.717) is 17.9 Å². The first-order valence-electron chi connectivity index (χ1n) is 10.5. The molecule has 32 heavy (non-hydrogen) atoms. The van der Waals surface area contributed by atoms with Crippen molar-refractivity contribution < 1.29 is 29.0 Å². The highest BCUT2D eigenvalue weighted by molar-refractivity contribution is 6.04. The van der Waals surface area contributed by atoms with Gasteiger partial charge < -0.3 is 25.2 Å². The van der Waals surface area contributed by atoms with E-state index in [2.05, 4.69) is 10.6 Å². The largest absolute Gasteiger partial charge is 0.454 e. The zero-order valence-corrected chi connectivity index (χ0v) is 17.5. The number of carbonyl (C=O) groups excluding carboxylic acids is 3. The van der Waals surface area contributed by atoms with Crippen LogP contribution in [0.4, 0.5) is 4.79 Å². The number of fused-ring (bicyclic) bond motifs is 1. The second-order valence-corrected chi connectivity index (χ2v) is 7.79. The van der Waals surface area contributed by atoms with Crippen molar-refractivity contribution in [2.24, 2.45) is 0 Å². The van der Waals surface area contributed by atoms with Gasteiger partial charge in [0.05, 0.1) is 19.2 Å². The van der Waals surface area contributed by atoms with Gasteiger partial charge in [-0.2, -0.15) is 0 Å². The summed E-state index contributed by atoms with van der Waals surface area (Å²) in [5, 5.41) is 15.0. The molecule has 2 aromatic rings. The summed E-state index contributed by atoms with van der Waals surface area (Å²) < 4.78 is 10.6. The number of ether oxygens (including phenoxy) is 2. The fourth-order valence-corrected chi connectivity index (χ4v) is 3.78. The van der Waals surface area contributed by atoms with Crippen LogP contribution in [0.2, 0.25) is 0 Å². The molecular weight excluding hydrogens is 414 g/mol. The van der Waals surface area contributed by atoms with Gasteiger partial charge in [-0.1, -0.05) is 36.4 Å². The van der Waals surface area contributed by atoms with E-state index in [0.717, 1.165) is 16.0 Å². The highest BCUT2D eigenvalue weighted by atomic mass is 16.7. The van der Waals surface area contributed by atoms with Gasteiger partial charge in [-0.05, 0) is 36.1 Å². The average Bonchev–Trinajstić information content (AvgIpc) is 3.37. The smallest absolute Gasteiger partial charge is 0.325 e. The van der Waals surface area contributed by atoms with Crippen molar-refractivity contribution in [3.05, 3.63) is 59.7 Å². The number of rotatable bonds is 9. The number of aliphatic hydroxyl groups is 1. The maximum absolute atomic E-state index is 12.7. The van der Waals surface area contributed by atoms with Crippen molar-refractivity contribution in [2.75, 3.05) is 13.4 Å². The first-order chi connectivity index (χ1) is 15.5. The number of nitrogens with zero attached hydrogens (tertiary/aromatic N) is 1. The zero-order chi connectivity index (χ0) is 22.5. The van der Waals surface area contributed by atoms with Crippen LogP contribution in [0, 0.1) is 0 Å². The molecule has 4 rings (SSSR count). The number of nitrogens with one attached hydrogen (secondary N) is 2. The van der Waals surface area contributed by atoms with Gasteiger partial charge in [0.1, 0.15) is 6.04 Å². The van der Waals surface area contributed by atoms with E-state index in [1.165, 1.54) is 0 Å². The van der Waals surface area contributed by atoms with Crippen molar-refractivity contribution in [3.8, 4) is 11.5 Å².